The van der Waals surface area contributed by atoms with Crippen LogP contribution in [-0.2, 0) is 0 Å². The summed E-state index contributed by atoms with van der Waals surface area (Å²) in [6.45, 7) is 6.93. The molecule has 0 heterocycles. The first-order valence-electron chi connectivity index (χ1n) is 6.42. The van der Waals surface area contributed by atoms with Gasteiger partial charge in [-0.2, -0.15) is 0 Å². The van der Waals surface area contributed by atoms with E-state index in [1.807, 2.05) is 58.2 Å². The summed E-state index contributed by atoms with van der Waals surface area (Å²) in [5, 5.41) is 19.6. The molecule has 0 radical (unpaired) electrons. The highest BCUT2D eigenvalue weighted by Gasteiger charge is 2.31. The maximum atomic E-state index is 10.5. The molecule has 0 aliphatic carbocycles. The fourth-order valence-corrected chi connectivity index (χ4v) is 2.11. The van der Waals surface area contributed by atoms with E-state index in [4.69, 9.17) is 5.11 Å². The van der Waals surface area contributed by atoms with Crippen LogP contribution in [0.25, 0.3) is 0 Å². The summed E-state index contributed by atoms with van der Waals surface area (Å²) in [4.78, 5) is 2.08. The minimum absolute atomic E-state index is 0.104. The number of likely N-dealkylation sites (N-methyl/N-ethyl adjacent to an activating group) is 1. The fraction of sp³-hybridized carbons (Fsp3) is 0.600. The quantitative estimate of drug-likeness (QED) is 0.813. The van der Waals surface area contributed by atoms with Crippen molar-refractivity contribution in [2.45, 2.75) is 32.9 Å². The predicted molar refractivity (Wildman–Crippen MR) is 74.4 cm³/mol. The van der Waals surface area contributed by atoms with Crippen molar-refractivity contribution in [3.8, 4) is 0 Å². The molecule has 0 saturated heterocycles. The number of benzene rings is 1. The minimum atomic E-state index is -0.507. The van der Waals surface area contributed by atoms with Gasteiger partial charge in [-0.25, -0.2) is 0 Å². The molecule has 0 amide bonds. The molecular formula is C15H25NO2. The van der Waals surface area contributed by atoms with E-state index in [-0.39, 0.29) is 18.1 Å². The minimum Gasteiger partial charge on any atom is -0.395 e. The van der Waals surface area contributed by atoms with Crippen LogP contribution in [0.15, 0.2) is 30.3 Å². The number of aliphatic hydroxyl groups excluding tert-OH is 2. The summed E-state index contributed by atoms with van der Waals surface area (Å²) in [5.41, 5.74) is 0.673. The number of hydrogen-bond donors (Lipinski definition) is 2. The summed E-state index contributed by atoms with van der Waals surface area (Å²) in [5.74, 6) is 0. The Morgan fingerprint density at radius 2 is 1.78 bits per heavy atom. The van der Waals surface area contributed by atoms with Gasteiger partial charge in [0.2, 0.25) is 0 Å². The van der Waals surface area contributed by atoms with Gasteiger partial charge in [-0.1, -0.05) is 44.2 Å². The molecule has 2 N–H and O–H groups in total. The van der Waals surface area contributed by atoms with Gasteiger partial charge in [0.1, 0.15) is 0 Å². The summed E-state index contributed by atoms with van der Waals surface area (Å²) < 4.78 is 0. The molecule has 2 atom stereocenters. The lowest BCUT2D eigenvalue weighted by Crippen LogP contribution is -2.41. The zero-order valence-electron chi connectivity index (χ0n) is 11.8. The smallest absolute Gasteiger partial charge is 0.0853 e. The highest BCUT2D eigenvalue weighted by atomic mass is 16.3. The maximum absolute atomic E-state index is 10.5. The van der Waals surface area contributed by atoms with E-state index >= 15 is 0 Å². The average molecular weight is 251 g/mol. The van der Waals surface area contributed by atoms with Crippen LogP contribution in [0.5, 0.6) is 0 Å². The summed E-state index contributed by atoms with van der Waals surface area (Å²) in [7, 11) is 1.97. The zero-order valence-corrected chi connectivity index (χ0v) is 11.8. The zero-order chi connectivity index (χ0) is 13.8. The summed E-state index contributed by atoms with van der Waals surface area (Å²) in [6, 6.07) is 9.82. The molecule has 18 heavy (non-hydrogen) atoms. The van der Waals surface area contributed by atoms with E-state index in [0.29, 0.717) is 0 Å². The summed E-state index contributed by atoms with van der Waals surface area (Å²) >= 11 is 0. The molecule has 0 aliphatic heterocycles. The molecule has 0 fully saturated rings. The molecule has 1 aromatic rings. The van der Waals surface area contributed by atoms with E-state index in [1.165, 1.54) is 0 Å². The normalized spacial score (nSPS) is 15.7. The van der Waals surface area contributed by atoms with Gasteiger partial charge < -0.3 is 15.1 Å². The van der Waals surface area contributed by atoms with Crippen LogP contribution in [-0.4, -0.2) is 41.4 Å². The number of hydrogen-bond acceptors (Lipinski definition) is 3. The van der Waals surface area contributed by atoms with E-state index in [2.05, 4.69) is 4.90 Å². The Morgan fingerprint density at radius 1 is 1.22 bits per heavy atom. The van der Waals surface area contributed by atoms with Gasteiger partial charge in [0, 0.05) is 18.0 Å². The lowest BCUT2D eigenvalue weighted by Gasteiger charge is -2.36. The predicted octanol–water partition coefficient (Wildman–Crippen LogP) is 2.06. The first kappa shape index (κ1) is 15.2. The van der Waals surface area contributed by atoms with Gasteiger partial charge in [0.25, 0.3) is 0 Å². The van der Waals surface area contributed by atoms with Gasteiger partial charge in [-0.05, 0) is 19.5 Å². The third-order valence-corrected chi connectivity index (χ3v) is 3.53. The van der Waals surface area contributed by atoms with Crippen molar-refractivity contribution in [3.63, 3.8) is 0 Å². The Morgan fingerprint density at radius 3 is 2.28 bits per heavy atom. The van der Waals surface area contributed by atoms with E-state index < -0.39 is 6.10 Å². The first-order chi connectivity index (χ1) is 8.38. The maximum Gasteiger partial charge on any atom is 0.0853 e. The van der Waals surface area contributed by atoms with E-state index in [9.17, 15) is 5.11 Å². The van der Waals surface area contributed by atoms with Crippen LogP contribution in [0.4, 0.5) is 0 Å². The second-order valence-corrected chi connectivity index (χ2v) is 5.75. The molecule has 2 unspecified atom stereocenters. The Bertz CT molecular complexity index is 351. The standard InChI is InChI=1S/C15H25NO2/c1-12(10-17)16(4)11-15(2,3)14(18)13-8-6-5-7-9-13/h5-9,12,14,17-18H,10-11H2,1-4H3. The van der Waals surface area contributed by atoms with Crippen LogP contribution in [0.2, 0.25) is 0 Å². The third-order valence-electron chi connectivity index (χ3n) is 3.53. The molecule has 1 rings (SSSR count). The average Bonchev–Trinajstić information content (AvgIpc) is 2.37. The van der Waals surface area contributed by atoms with Crippen LogP contribution in [0, 0.1) is 5.41 Å². The number of nitrogens with zero attached hydrogens (tertiary/aromatic N) is 1. The van der Waals surface area contributed by atoms with Crippen LogP contribution >= 0.6 is 0 Å². The van der Waals surface area contributed by atoms with Gasteiger partial charge in [-0.15, -0.1) is 0 Å². The second kappa shape index (κ2) is 6.32. The fourth-order valence-electron chi connectivity index (χ4n) is 2.11. The lowest BCUT2D eigenvalue weighted by molar-refractivity contribution is 0.0121. The van der Waals surface area contributed by atoms with Crippen molar-refractivity contribution >= 4 is 0 Å². The van der Waals surface area contributed by atoms with Gasteiger partial charge >= 0.3 is 0 Å². The van der Waals surface area contributed by atoms with Gasteiger partial charge in [0.05, 0.1) is 12.7 Å². The van der Waals surface area contributed by atoms with E-state index in [0.717, 1.165) is 12.1 Å². The van der Waals surface area contributed by atoms with Crippen molar-refractivity contribution < 1.29 is 10.2 Å². The molecule has 0 aromatic heterocycles. The molecule has 0 spiro atoms. The number of aliphatic hydroxyl groups is 2. The number of rotatable bonds is 6. The molecule has 3 nitrogen and oxygen atoms in total. The highest BCUT2D eigenvalue weighted by molar-refractivity contribution is 5.19. The van der Waals surface area contributed by atoms with Crippen LogP contribution < -0.4 is 0 Å². The van der Waals surface area contributed by atoms with Gasteiger partial charge in [-0.3, -0.25) is 0 Å². The highest BCUT2D eigenvalue weighted by Crippen LogP contribution is 2.34. The molecule has 3 heteroatoms. The van der Waals surface area contributed by atoms with Crippen molar-refractivity contribution in [1.29, 1.82) is 0 Å². The molecule has 1 aromatic carbocycles. The van der Waals surface area contributed by atoms with Crippen LogP contribution in [0.3, 0.4) is 0 Å². The molecule has 0 aliphatic rings. The van der Waals surface area contributed by atoms with Crippen molar-refractivity contribution in [3.05, 3.63) is 35.9 Å². The third kappa shape index (κ3) is 3.80. The Kier molecular flexibility index (Phi) is 5.32. The topological polar surface area (TPSA) is 43.7 Å². The molecule has 0 bridgehead atoms. The Hall–Kier alpha value is -0.900. The second-order valence-electron chi connectivity index (χ2n) is 5.75. The molecular weight excluding hydrogens is 226 g/mol. The molecule has 102 valence electrons. The van der Waals surface area contributed by atoms with E-state index in [1.54, 1.807) is 0 Å². The largest absolute Gasteiger partial charge is 0.395 e. The SMILES string of the molecule is CC(CO)N(C)CC(C)(C)C(O)c1ccccc1. The lowest BCUT2D eigenvalue weighted by atomic mass is 9.82. The first-order valence-corrected chi connectivity index (χ1v) is 6.42. The Labute approximate surface area is 110 Å². The van der Waals surface area contributed by atoms with Crippen molar-refractivity contribution in [2.75, 3.05) is 20.2 Å². The van der Waals surface area contributed by atoms with Crippen molar-refractivity contribution in [1.82, 2.24) is 4.90 Å². The van der Waals surface area contributed by atoms with Crippen LogP contribution in [0.1, 0.15) is 32.4 Å². The van der Waals surface area contributed by atoms with Crippen molar-refractivity contribution in [2.24, 2.45) is 5.41 Å². The summed E-state index contributed by atoms with van der Waals surface area (Å²) in [6.07, 6.45) is -0.507. The van der Waals surface area contributed by atoms with Gasteiger partial charge in [0.15, 0.2) is 0 Å². The Balaban J connectivity index is 2.74. The molecule has 0 saturated carbocycles. The monoisotopic (exact) mass is 251 g/mol.